The van der Waals surface area contributed by atoms with Gasteiger partial charge < -0.3 is 51.2 Å². The maximum absolute atomic E-state index is 12.8. The van der Waals surface area contributed by atoms with Crippen LogP contribution in [0.3, 0.4) is 0 Å². The molecule has 0 bridgehead atoms. The van der Waals surface area contributed by atoms with Crippen molar-refractivity contribution in [2.45, 2.75) is 76.2 Å². The number of aliphatic carboxylic acids is 1. The van der Waals surface area contributed by atoms with E-state index >= 15 is 0 Å². The van der Waals surface area contributed by atoms with Gasteiger partial charge in [-0.2, -0.15) is 0 Å². The second-order valence-corrected chi connectivity index (χ2v) is 13.4. The smallest absolute Gasteiger partial charge is 0.336 e. The average Bonchev–Trinajstić information content (AvgIpc) is 3.60. The molecule has 3 amide bonds. The van der Waals surface area contributed by atoms with Crippen LogP contribution in [0.15, 0.2) is 72.9 Å². The van der Waals surface area contributed by atoms with Crippen LogP contribution >= 0.6 is 0 Å². The summed E-state index contributed by atoms with van der Waals surface area (Å²) in [5, 5.41) is 62.5. The highest BCUT2D eigenvalue weighted by molar-refractivity contribution is 5.98. The van der Waals surface area contributed by atoms with Crippen LogP contribution in [0.25, 0.3) is 17.0 Å². The number of carbonyl (C=O) groups is 4. The van der Waals surface area contributed by atoms with Gasteiger partial charge in [-0.25, -0.2) is 4.79 Å². The lowest BCUT2D eigenvalue weighted by molar-refractivity contribution is -0.226. The number of benzene rings is 3. The molecule has 0 unspecified atom stereocenters. The third-order valence-corrected chi connectivity index (χ3v) is 9.36. The van der Waals surface area contributed by atoms with Gasteiger partial charge >= 0.3 is 5.97 Å². The lowest BCUT2D eigenvalue weighted by Gasteiger charge is -2.47. The molecule has 14 heteroatoms. The van der Waals surface area contributed by atoms with E-state index in [0.29, 0.717) is 22.3 Å². The molecule has 1 saturated heterocycles. The topological polar surface area (TPSA) is 231 Å². The average molecular weight is 729 g/mol. The van der Waals surface area contributed by atoms with Crippen molar-refractivity contribution in [3.05, 3.63) is 106 Å². The molecule has 280 valence electrons. The maximum atomic E-state index is 12.8. The van der Waals surface area contributed by atoms with E-state index in [1.807, 2.05) is 24.3 Å². The normalized spacial score (nSPS) is 21.2. The Balaban J connectivity index is 1.26. The van der Waals surface area contributed by atoms with Crippen LogP contribution < -0.4 is 16.0 Å². The molecule has 1 aliphatic heterocycles. The number of carboxylic acids is 1. The van der Waals surface area contributed by atoms with Crippen molar-refractivity contribution < 1.29 is 49.4 Å². The Morgan fingerprint density at radius 3 is 2.40 bits per heavy atom. The summed E-state index contributed by atoms with van der Waals surface area (Å²) in [4.78, 5) is 53.5. The second-order valence-electron chi connectivity index (χ2n) is 13.4. The van der Waals surface area contributed by atoms with Gasteiger partial charge in [-0.3, -0.25) is 14.4 Å². The zero-order chi connectivity index (χ0) is 38.4. The van der Waals surface area contributed by atoms with Gasteiger partial charge in [-0.05, 0) is 78.6 Å². The Morgan fingerprint density at radius 2 is 1.70 bits per heavy atom. The molecule has 9 N–H and O–H groups in total. The largest absolute Gasteiger partial charge is 0.507 e. The van der Waals surface area contributed by atoms with E-state index < -0.39 is 66.8 Å². The molecule has 5 rings (SSSR count). The van der Waals surface area contributed by atoms with Crippen molar-refractivity contribution in [2.75, 3.05) is 6.54 Å². The molecule has 6 atom stereocenters. The highest BCUT2D eigenvalue weighted by Gasteiger charge is 2.54. The number of fused-ring (bicyclic) bond motifs is 1. The number of nitrogens with one attached hydrogen (secondary N) is 4. The van der Waals surface area contributed by atoms with E-state index in [4.69, 9.17) is 4.74 Å². The van der Waals surface area contributed by atoms with Crippen LogP contribution in [0, 0.1) is 13.8 Å². The van der Waals surface area contributed by atoms with Gasteiger partial charge in [0.2, 0.25) is 5.91 Å². The first-order chi connectivity index (χ1) is 25.2. The van der Waals surface area contributed by atoms with E-state index in [9.17, 15) is 44.7 Å². The van der Waals surface area contributed by atoms with E-state index in [2.05, 4.69) is 20.9 Å². The maximum Gasteiger partial charge on any atom is 0.336 e. The Labute approximate surface area is 305 Å². The molecular formula is C39H44N4O10. The minimum absolute atomic E-state index is 0.0441. The van der Waals surface area contributed by atoms with Crippen LogP contribution in [0.2, 0.25) is 0 Å². The molecule has 0 aliphatic carbocycles. The summed E-state index contributed by atoms with van der Waals surface area (Å²) in [5.41, 5.74) is 2.01. The number of H-pyrrole nitrogens is 1. The Kier molecular flexibility index (Phi) is 12.0. The molecule has 1 aliphatic rings. The van der Waals surface area contributed by atoms with E-state index in [1.54, 1.807) is 56.5 Å². The van der Waals surface area contributed by atoms with Crippen molar-refractivity contribution in [3.63, 3.8) is 0 Å². The number of phenols is 1. The first kappa shape index (κ1) is 38.7. The molecule has 4 aromatic rings. The number of ether oxygens (including phenoxy) is 1. The van der Waals surface area contributed by atoms with E-state index in [-0.39, 0.29) is 30.2 Å². The van der Waals surface area contributed by atoms with Crippen LogP contribution in [-0.4, -0.2) is 96.8 Å². The number of hydrogen-bond acceptors (Lipinski definition) is 9. The third-order valence-electron chi connectivity index (χ3n) is 9.36. The van der Waals surface area contributed by atoms with Crippen LogP contribution in [0.4, 0.5) is 0 Å². The van der Waals surface area contributed by atoms with Crippen LogP contribution in [-0.2, 0) is 20.9 Å². The molecule has 1 fully saturated rings. The third kappa shape index (κ3) is 9.10. The lowest BCUT2D eigenvalue weighted by atomic mass is 9.81. The highest BCUT2D eigenvalue weighted by Crippen LogP contribution is 2.35. The molecule has 0 spiro atoms. The summed E-state index contributed by atoms with van der Waals surface area (Å²) in [6, 6.07) is 16.1. The molecule has 0 radical (unpaired) electrons. The number of aliphatic hydroxyl groups is 3. The summed E-state index contributed by atoms with van der Waals surface area (Å²) in [6.07, 6.45) is -2.35. The Morgan fingerprint density at radius 1 is 0.981 bits per heavy atom. The molecule has 3 aromatic carbocycles. The summed E-state index contributed by atoms with van der Waals surface area (Å²) >= 11 is 0. The quantitative estimate of drug-likeness (QED) is 0.0977. The van der Waals surface area contributed by atoms with Crippen molar-refractivity contribution in [1.82, 2.24) is 20.9 Å². The summed E-state index contributed by atoms with van der Waals surface area (Å²) < 4.78 is 6.00. The number of amides is 3. The first-order valence-corrected chi connectivity index (χ1v) is 17.1. The van der Waals surface area contributed by atoms with E-state index in [1.165, 1.54) is 19.1 Å². The zero-order valence-corrected chi connectivity index (χ0v) is 29.5. The molecule has 53 heavy (non-hydrogen) atoms. The number of aryl methyl sites for hydroxylation is 2. The highest BCUT2D eigenvalue weighted by atomic mass is 16.6. The van der Waals surface area contributed by atoms with Gasteiger partial charge in [0.25, 0.3) is 11.8 Å². The fourth-order valence-corrected chi connectivity index (χ4v) is 6.51. The van der Waals surface area contributed by atoms with Crippen molar-refractivity contribution in [3.8, 4) is 5.75 Å². The van der Waals surface area contributed by atoms with Gasteiger partial charge in [0, 0.05) is 61.1 Å². The number of aromatic nitrogens is 1. The summed E-state index contributed by atoms with van der Waals surface area (Å²) in [5.74, 6) is -2.82. The predicted octanol–water partition coefficient (Wildman–Crippen LogP) is 2.45. The fourth-order valence-electron chi connectivity index (χ4n) is 6.51. The van der Waals surface area contributed by atoms with Gasteiger partial charge in [-0.15, -0.1) is 0 Å². The van der Waals surface area contributed by atoms with Gasteiger partial charge in [-0.1, -0.05) is 30.4 Å². The molecule has 14 nitrogen and oxygen atoms in total. The monoisotopic (exact) mass is 728 g/mol. The Bertz CT molecular complexity index is 2000. The van der Waals surface area contributed by atoms with Crippen molar-refractivity contribution in [2.24, 2.45) is 0 Å². The number of rotatable bonds is 13. The number of carboxylic acid groups (broad SMARTS) is 1. The number of hydrogen-bond donors (Lipinski definition) is 9. The van der Waals surface area contributed by atoms with E-state index in [0.717, 1.165) is 16.5 Å². The number of phenolic OH excluding ortho intramolecular Hbond substituents is 1. The zero-order valence-electron chi connectivity index (χ0n) is 29.5. The summed E-state index contributed by atoms with van der Waals surface area (Å²) in [7, 11) is 0. The van der Waals surface area contributed by atoms with Crippen molar-refractivity contribution >= 4 is 40.7 Å². The van der Waals surface area contributed by atoms with Crippen LogP contribution in [0.5, 0.6) is 5.75 Å². The van der Waals surface area contributed by atoms with Gasteiger partial charge in [0.1, 0.15) is 18.0 Å². The van der Waals surface area contributed by atoms with Gasteiger partial charge in [0.15, 0.2) is 5.60 Å². The number of aromatic hydroxyl groups is 1. The molecular weight excluding hydrogens is 684 g/mol. The Hall–Kier alpha value is -5.54. The number of carbonyl (C=O) groups excluding carboxylic acids is 3. The first-order valence-electron chi connectivity index (χ1n) is 17.1. The fraction of sp³-hybridized carbons (Fsp3) is 0.333. The molecule has 2 heterocycles. The minimum Gasteiger partial charge on any atom is -0.507 e. The van der Waals surface area contributed by atoms with Gasteiger partial charge in [0.05, 0.1) is 18.2 Å². The number of aliphatic hydroxyl groups excluding tert-OH is 3. The predicted molar refractivity (Wildman–Crippen MR) is 195 cm³/mol. The minimum atomic E-state index is -2.06. The lowest BCUT2D eigenvalue weighted by Crippen LogP contribution is -2.67. The summed E-state index contributed by atoms with van der Waals surface area (Å²) in [6.45, 7) is 4.18. The molecule has 1 aromatic heterocycles. The second kappa shape index (κ2) is 16.4. The van der Waals surface area contributed by atoms with Crippen molar-refractivity contribution in [1.29, 1.82) is 0 Å². The standard InChI is InChI=1S/C39H44N4O10/c1-21-14-28(15-22(2)33(21)47)37(50)42-20-31(46)34(48)35-32(43-23(3)44)30(45)18-39(53-35,38(51)52)12-5-8-24-6-4-7-25(16-24)19-41-36(49)27-9-10-29-26(17-27)11-13-40-29/h4-11,13-17,30-32,34-35,40,45-48H,12,18-20H2,1-3H3,(H,41,49)(H,42,50)(H,43,44)(H,51,52)/b8-5+/t30-,31+,32+,34+,35+,39+/m0/s1. The van der Waals surface area contributed by atoms with Crippen LogP contribution in [0.1, 0.15) is 62.7 Å². The molecule has 0 saturated carbocycles. The number of aromatic amines is 1. The SMILES string of the molecule is CC(=O)N[C@H]1[C@H]([C@H](O)[C@H](O)CNC(=O)c2cc(C)c(O)c(C)c2)O[C@@](C/C=C/c2cccc(CNC(=O)c3ccc4[nH]ccc4c3)c2)(C(=O)O)C[C@@H]1O.